The summed E-state index contributed by atoms with van der Waals surface area (Å²) in [4.78, 5) is 13.0. The van der Waals surface area contributed by atoms with E-state index >= 15 is 0 Å². The minimum absolute atomic E-state index is 0.00361. The van der Waals surface area contributed by atoms with Gasteiger partial charge >= 0.3 is 5.97 Å². The highest BCUT2D eigenvalue weighted by Gasteiger charge is 2.21. The fraction of sp³-hybridized carbons (Fsp3) is 0.375. The van der Waals surface area contributed by atoms with Crippen LogP contribution in [0.3, 0.4) is 0 Å². The van der Waals surface area contributed by atoms with Gasteiger partial charge in [-0.15, -0.1) is 16.2 Å². The highest BCUT2D eigenvalue weighted by atomic mass is 32.2. The molecule has 0 spiro atoms. The second-order valence-corrected chi connectivity index (χ2v) is 6.31. The molecule has 0 bridgehead atoms. The molecular formula is C8H12N2O4S2. The normalized spacial score (nSPS) is 12.0. The minimum Gasteiger partial charge on any atom is -0.477 e. The molecule has 0 radical (unpaired) electrons. The Morgan fingerprint density at radius 3 is 2.44 bits per heavy atom. The molecule has 0 aliphatic rings. The maximum Gasteiger partial charge on any atom is 0.346 e. The monoisotopic (exact) mass is 264 g/mol. The van der Waals surface area contributed by atoms with Crippen molar-refractivity contribution in [2.75, 3.05) is 14.1 Å². The van der Waals surface area contributed by atoms with E-state index in [9.17, 15) is 13.2 Å². The summed E-state index contributed by atoms with van der Waals surface area (Å²) in [6.45, 7) is 1.56. The topological polar surface area (TPSA) is 86.7 Å². The van der Waals surface area contributed by atoms with Crippen molar-refractivity contribution >= 4 is 27.3 Å². The zero-order chi connectivity index (χ0) is 12.5. The number of aryl methyl sites for hydroxylation is 1. The summed E-state index contributed by atoms with van der Waals surface area (Å²) in [5, 5.41) is 10.1. The van der Waals surface area contributed by atoms with Crippen molar-refractivity contribution in [1.82, 2.24) is 9.84 Å². The van der Waals surface area contributed by atoms with Gasteiger partial charge in [-0.3, -0.25) is 0 Å². The summed E-state index contributed by atoms with van der Waals surface area (Å²) in [7, 11) is -0.588. The van der Waals surface area contributed by atoms with Crippen LogP contribution in [0.1, 0.15) is 15.2 Å². The maximum atomic E-state index is 11.7. The van der Waals surface area contributed by atoms with Gasteiger partial charge < -0.3 is 5.11 Å². The molecule has 0 aromatic carbocycles. The number of aromatic carboxylic acids is 1. The van der Waals surface area contributed by atoms with Crippen molar-refractivity contribution in [1.29, 1.82) is 0 Å². The molecule has 2 N–H and O–H groups in total. The van der Waals surface area contributed by atoms with Crippen molar-refractivity contribution in [2.45, 2.75) is 11.1 Å². The second-order valence-electron chi connectivity index (χ2n) is 3.37. The Kier molecular flexibility index (Phi) is 3.68. The Morgan fingerprint density at radius 1 is 1.50 bits per heavy atom. The Hall–Kier alpha value is -0.960. The van der Waals surface area contributed by atoms with Crippen molar-refractivity contribution in [3.8, 4) is 0 Å². The predicted octanol–water partition coefficient (Wildman–Crippen LogP) is 0.510. The van der Waals surface area contributed by atoms with Crippen LogP contribution >= 0.6 is 11.3 Å². The van der Waals surface area contributed by atoms with Crippen LogP contribution in [0.25, 0.3) is 0 Å². The zero-order valence-electron chi connectivity index (χ0n) is 9.01. The van der Waals surface area contributed by atoms with Crippen LogP contribution in [0.15, 0.2) is 10.3 Å². The number of thiophene rings is 1. The van der Waals surface area contributed by atoms with E-state index in [4.69, 9.17) is 5.11 Å². The van der Waals surface area contributed by atoms with Gasteiger partial charge in [0, 0.05) is 14.1 Å². The fourth-order valence-corrected chi connectivity index (χ4v) is 3.53. The quantitative estimate of drug-likeness (QED) is 0.774. The Bertz CT molecular complexity index is 504. The van der Waals surface area contributed by atoms with E-state index < -0.39 is 16.0 Å². The van der Waals surface area contributed by atoms with E-state index in [0.717, 1.165) is 11.3 Å². The Balaban J connectivity index is 3.15. The molecular weight excluding hydrogens is 252 g/mol. The first-order valence-corrected chi connectivity index (χ1v) is 6.57. The molecule has 0 fully saturated rings. The fourth-order valence-electron chi connectivity index (χ4n) is 1.08. The number of nitrogens with zero attached hydrogens (tertiary/aromatic N) is 1. The van der Waals surface area contributed by atoms with Crippen molar-refractivity contribution in [3.05, 3.63) is 16.5 Å². The molecule has 0 amide bonds. The summed E-state index contributed by atoms with van der Waals surface area (Å²) < 4.78 is 23.4. The molecule has 90 valence electrons. The summed E-state index contributed by atoms with van der Waals surface area (Å²) in [5.74, 6) is -1.12. The van der Waals surface area contributed by atoms with Gasteiger partial charge in [0.25, 0.3) is 10.0 Å². The Morgan fingerprint density at radius 2 is 2.06 bits per heavy atom. The number of hydrazine groups is 1. The molecule has 1 aromatic heterocycles. The van der Waals surface area contributed by atoms with E-state index in [1.807, 2.05) is 0 Å². The van der Waals surface area contributed by atoms with E-state index in [1.165, 1.54) is 25.2 Å². The number of carboxylic acid groups (broad SMARTS) is 1. The van der Waals surface area contributed by atoms with Crippen LogP contribution in [0.4, 0.5) is 0 Å². The third-order valence-corrected chi connectivity index (χ3v) is 4.84. The first-order valence-electron chi connectivity index (χ1n) is 4.27. The summed E-state index contributed by atoms with van der Waals surface area (Å²) in [6, 6.07) is 1.35. The molecule has 0 saturated carbocycles. The van der Waals surface area contributed by atoms with Crippen molar-refractivity contribution < 1.29 is 18.3 Å². The summed E-state index contributed by atoms with van der Waals surface area (Å²) in [5.41, 5.74) is 0.441. The third-order valence-electron chi connectivity index (χ3n) is 1.66. The lowest BCUT2D eigenvalue weighted by atomic mass is 10.3. The van der Waals surface area contributed by atoms with E-state index in [2.05, 4.69) is 4.83 Å². The first-order chi connectivity index (χ1) is 7.24. The summed E-state index contributed by atoms with van der Waals surface area (Å²) in [6.07, 6.45) is 0. The van der Waals surface area contributed by atoms with Crippen molar-refractivity contribution in [2.24, 2.45) is 0 Å². The molecule has 0 unspecified atom stereocenters. The standard InChI is InChI=1S/C8H12N2O4S2/c1-5-4-6(15-7(5)8(11)12)16(13,14)9-10(2)3/h4,9H,1-3H3,(H,11,12). The highest BCUT2D eigenvalue weighted by molar-refractivity contribution is 7.91. The molecule has 16 heavy (non-hydrogen) atoms. The molecule has 6 nitrogen and oxygen atoms in total. The van der Waals surface area contributed by atoms with Gasteiger partial charge in [0.2, 0.25) is 0 Å². The van der Waals surface area contributed by atoms with E-state index in [-0.39, 0.29) is 9.09 Å². The predicted molar refractivity (Wildman–Crippen MR) is 60.0 cm³/mol. The molecule has 8 heteroatoms. The van der Waals surface area contributed by atoms with Crippen LogP contribution in [0, 0.1) is 6.92 Å². The van der Waals surface area contributed by atoms with Crippen LogP contribution in [-0.4, -0.2) is 38.6 Å². The number of sulfonamides is 1. The van der Waals surface area contributed by atoms with Gasteiger partial charge in [0.05, 0.1) is 0 Å². The lowest BCUT2D eigenvalue weighted by Gasteiger charge is -2.10. The van der Waals surface area contributed by atoms with Crippen LogP contribution < -0.4 is 4.83 Å². The lowest BCUT2D eigenvalue weighted by molar-refractivity contribution is 0.0701. The minimum atomic E-state index is -3.66. The van der Waals surface area contributed by atoms with Crippen molar-refractivity contribution in [3.63, 3.8) is 0 Å². The Labute approximate surface area is 97.5 Å². The number of rotatable bonds is 4. The maximum absolute atomic E-state index is 11.7. The second kappa shape index (κ2) is 4.50. The zero-order valence-corrected chi connectivity index (χ0v) is 10.6. The molecule has 1 rings (SSSR count). The van der Waals surface area contributed by atoms with Crippen LogP contribution in [-0.2, 0) is 10.0 Å². The molecule has 0 aliphatic heterocycles. The first kappa shape index (κ1) is 13.1. The summed E-state index contributed by atoms with van der Waals surface area (Å²) >= 11 is 0.740. The largest absolute Gasteiger partial charge is 0.477 e. The number of carbonyl (C=O) groups is 1. The van der Waals surface area contributed by atoms with Crippen LogP contribution in [0.5, 0.6) is 0 Å². The average molecular weight is 264 g/mol. The van der Waals surface area contributed by atoms with Gasteiger partial charge in [-0.05, 0) is 18.6 Å². The number of carboxylic acids is 1. The molecule has 0 atom stereocenters. The molecule has 1 aromatic rings. The third kappa shape index (κ3) is 2.79. The average Bonchev–Trinajstić information content (AvgIpc) is 2.45. The van der Waals surface area contributed by atoms with E-state index in [0.29, 0.717) is 5.56 Å². The number of nitrogens with one attached hydrogen (secondary N) is 1. The van der Waals surface area contributed by atoms with Crippen LogP contribution in [0.2, 0.25) is 0 Å². The highest BCUT2D eigenvalue weighted by Crippen LogP contribution is 2.25. The van der Waals surface area contributed by atoms with Gasteiger partial charge in [0.1, 0.15) is 9.09 Å². The molecule has 0 saturated heterocycles. The number of hydrogen-bond acceptors (Lipinski definition) is 5. The molecule has 1 heterocycles. The molecule has 0 aliphatic carbocycles. The van der Waals surface area contributed by atoms with Gasteiger partial charge in [-0.2, -0.15) is 0 Å². The van der Waals surface area contributed by atoms with Gasteiger partial charge in [0.15, 0.2) is 0 Å². The SMILES string of the molecule is Cc1cc(S(=O)(=O)NN(C)C)sc1C(=O)O. The van der Waals surface area contributed by atoms with Gasteiger partial charge in [-0.1, -0.05) is 0 Å². The van der Waals surface area contributed by atoms with Gasteiger partial charge in [-0.25, -0.2) is 18.2 Å². The smallest absolute Gasteiger partial charge is 0.346 e. The number of hydrogen-bond donors (Lipinski definition) is 2. The lowest BCUT2D eigenvalue weighted by Crippen LogP contribution is -2.35. The van der Waals surface area contributed by atoms with E-state index in [1.54, 1.807) is 6.92 Å².